The lowest BCUT2D eigenvalue weighted by atomic mass is 10.2. The van der Waals surface area contributed by atoms with Gasteiger partial charge in [0.25, 0.3) is 0 Å². The zero-order valence-corrected chi connectivity index (χ0v) is 10.9. The van der Waals surface area contributed by atoms with Gasteiger partial charge in [-0.25, -0.2) is 8.78 Å². The fourth-order valence-corrected chi connectivity index (χ4v) is 1.40. The predicted molar refractivity (Wildman–Crippen MR) is 67.4 cm³/mol. The Morgan fingerprint density at radius 2 is 2.00 bits per heavy atom. The molecule has 0 fully saturated rings. The quantitative estimate of drug-likeness (QED) is 0.717. The molecule has 0 aliphatic rings. The van der Waals surface area contributed by atoms with Gasteiger partial charge in [0.15, 0.2) is 11.6 Å². The second-order valence-electron chi connectivity index (χ2n) is 4.31. The number of likely N-dealkylation sites (N-methyl/N-ethyl adjacent to an activating group) is 1. The van der Waals surface area contributed by atoms with Crippen molar-refractivity contribution in [2.24, 2.45) is 0 Å². The summed E-state index contributed by atoms with van der Waals surface area (Å²) in [6.07, 6.45) is 0. The SMILES string of the molecule is CN(C)CCOCCNCc1cccc(F)c1F. The van der Waals surface area contributed by atoms with Crippen LogP contribution in [0.1, 0.15) is 5.56 Å². The molecule has 3 nitrogen and oxygen atoms in total. The maximum atomic E-state index is 13.3. The van der Waals surface area contributed by atoms with Crippen LogP contribution in [0, 0.1) is 11.6 Å². The Balaban J connectivity index is 2.13. The van der Waals surface area contributed by atoms with Gasteiger partial charge in [-0.1, -0.05) is 12.1 Å². The van der Waals surface area contributed by atoms with Crippen molar-refractivity contribution >= 4 is 0 Å². The molecule has 0 saturated heterocycles. The van der Waals surface area contributed by atoms with E-state index in [4.69, 9.17) is 4.74 Å². The first-order chi connectivity index (χ1) is 8.61. The number of hydrogen-bond donors (Lipinski definition) is 1. The molecule has 0 atom stereocenters. The minimum Gasteiger partial charge on any atom is -0.379 e. The molecule has 0 aliphatic heterocycles. The molecule has 0 aromatic heterocycles. The lowest BCUT2D eigenvalue weighted by molar-refractivity contribution is 0.119. The minimum absolute atomic E-state index is 0.306. The summed E-state index contributed by atoms with van der Waals surface area (Å²) >= 11 is 0. The van der Waals surface area contributed by atoms with Crippen LogP contribution in [0.15, 0.2) is 18.2 Å². The Labute approximate surface area is 107 Å². The van der Waals surface area contributed by atoms with E-state index in [2.05, 4.69) is 5.32 Å². The fourth-order valence-electron chi connectivity index (χ4n) is 1.40. The molecule has 0 unspecified atom stereocenters. The van der Waals surface area contributed by atoms with Crippen LogP contribution in [0.5, 0.6) is 0 Å². The van der Waals surface area contributed by atoms with E-state index >= 15 is 0 Å². The third-order valence-electron chi connectivity index (χ3n) is 2.45. The van der Waals surface area contributed by atoms with Gasteiger partial charge in [-0.15, -0.1) is 0 Å². The Morgan fingerprint density at radius 1 is 1.22 bits per heavy atom. The number of halogens is 2. The van der Waals surface area contributed by atoms with Gasteiger partial charge >= 0.3 is 0 Å². The monoisotopic (exact) mass is 258 g/mol. The summed E-state index contributed by atoms with van der Waals surface area (Å²) < 4.78 is 31.5. The van der Waals surface area contributed by atoms with Crippen LogP contribution >= 0.6 is 0 Å². The first-order valence-corrected chi connectivity index (χ1v) is 5.97. The average molecular weight is 258 g/mol. The van der Waals surface area contributed by atoms with Crippen LogP contribution in [0.3, 0.4) is 0 Å². The third kappa shape index (κ3) is 5.53. The summed E-state index contributed by atoms with van der Waals surface area (Å²) in [5, 5.41) is 3.01. The largest absolute Gasteiger partial charge is 0.379 e. The summed E-state index contributed by atoms with van der Waals surface area (Å²) in [6, 6.07) is 4.19. The molecule has 0 saturated carbocycles. The number of ether oxygens (including phenoxy) is 1. The minimum atomic E-state index is -0.809. The third-order valence-corrected chi connectivity index (χ3v) is 2.45. The van der Waals surface area contributed by atoms with Crippen LogP contribution in [-0.4, -0.2) is 45.3 Å². The van der Waals surface area contributed by atoms with Crippen LogP contribution in [0.25, 0.3) is 0 Å². The number of nitrogens with one attached hydrogen (secondary N) is 1. The van der Waals surface area contributed by atoms with Gasteiger partial charge in [-0.2, -0.15) is 0 Å². The van der Waals surface area contributed by atoms with E-state index in [0.717, 1.165) is 12.6 Å². The normalized spacial score (nSPS) is 11.2. The molecule has 0 heterocycles. The molecule has 0 amide bonds. The molecular formula is C13H20F2N2O. The standard InChI is InChI=1S/C13H20F2N2O/c1-17(2)7-9-18-8-6-16-10-11-4-3-5-12(14)13(11)15/h3-5,16H,6-10H2,1-2H3. The lowest BCUT2D eigenvalue weighted by Crippen LogP contribution is -2.23. The smallest absolute Gasteiger partial charge is 0.163 e. The summed E-state index contributed by atoms with van der Waals surface area (Å²) in [5.41, 5.74) is 0.336. The van der Waals surface area contributed by atoms with Crippen LogP contribution in [-0.2, 0) is 11.3 Å². The van der Waals surface area contributed by atoms with Crippen molar-refractivity contribution in [3.8, 4) is 0 Å². The van der Waals surface area contributed by atoms with Crippen molar-refractivity contribution in [3.05, 3.63) is 35.4 Å². The summed E-state index contributed by atoms with van der Waals surface area (Å²) in [5.74, 6) is -1.59. The maximum absolute atomic E-state index is 13.3. The summed E-state index contributed by atoms with van der Waals surface area (Å²) in [7, 11) is 3.96. The van der Waals surface area contributed by atoms with Crippen LogP contribution in [0.2, 0.25) is 0 Å². The van der Waals surface area contributed by atoms with E-state index in [9.17, 15) is 8.78 Å². The molecule has 1 aromatic carbocycles. The molecule has 18 heavy (non-hydrogen) atoms. The number of nitrogens with zero attached hydrogens (tertiary/aromatic N) is 1. The van der Waals surface area contributed by atoms with Gasteiger partial charge in [0, 0.05) is 25.2 Å². The molecular weight excluding hydrogens is 238 g/mol. The molecule has 5 heteroatoms. The Kier molecular flexibility index (Phi) is 6.78. The average Bonchev–Trinajstić information content (AvgIpc) is 2.32. The number of hydrogen-bond acceptors (Lipinski definition) is 3. The highest BCUT2D eigenvalue weighted by atomic mass is 19.2. The van der Waals surface area contributed by atoms with Crippen molar-refractivity contribution in [2.45, 2.75) is 6.54 Å². The lowest BCUT2D eigenvalue weighted by Gasteiger charge is -2.10. The van der Waals surface area contributed by atoms with Crippen molar-refractivity contribution in [1.29, 1.82) is 0 Å². The Morgan fingerprint density at radius 3 is 2.72 bits per heavy atom. The molecule has 0 spiro atoms. The topological polar surface area (TPSA) is 24.5 Å². The first kappa shape index (κ1) is 15.0. The molecule has 0 radical (unpaired) electrons. The second kappa shape index (κ2) is 8.13. The van der Waals surface area contributed by atoms with Gasteiger partial charge in [-0.05, 0) is 20.2 Å². The second-order valence-corrected chi connectivity index (χ2v) is 4.31. The van der Waals surface area contributed by atoms with Gasteiger partial charge in [0.05, 0.1) is 13.2 Å². The molecule has 102 valence electrons. The van der Waals surface area contributed by atoms with Crippen molar-refractivity contribution in [3.63, 3.8) is 0 Å². The van der Waals surface area contributed by atoms with E-state index < -0.39 is 11.6 Å². The van der Waals surface area contributed by atoms with Gasteiger partial charge in [0.2, 0.25) is 0 Å². The van der Waals surface area contributed by atoms with E-state index in [0.29, 0.717) is 31.9 Å². The van der Waals surface area contributed by atoms with Gasteiger partial charge in [0.1, 0.15) is 0 Å². The summed E-state index contributed by atoms with van der Waals surface area (Å²) in [4.78, 5) is 2.04. The molecule has 1 N–H and O–H groups in total. The highest BCUT2D eigenvalue weighted by Crippen LogP contribution is 2.10. The fraction of sp³-hybridized carbons (Fsp3) is 0.538. The maximum Gasteiger partial charge on any atom is 0.163 e. The van der Waals surface area contributed by atoms with E-state index in [1.165, 1.54) is 6.07 Å². The molecule has 0 bridgehead atoms. The van der Waals surface area contributed by atoms with Crippen molar-refractivity contribution in [1.82, 2.24) is 10.2 Å². The van der Waals surface area contributed by atoms with Crippen LogP contribution in [0.4, 0.5) is 8.78 Å². The predicted octanol–water partition coefficient (Wildman–Crippen LogP) is 1.63. The van der Waals surface area contributed by atoms with E-state index in [1.807, 2.05) is 19.0 Å². The summed E-state index contributed by atoms with van der Waals surface area (Å²) in [6.45, 7) is 3.02. The zero-order valence-electron chi connectivity index (χ0n) is 10.9. The highest BCUT2D eigenvalue weighted by Gasteiger charge is 2.06. The van der Waals surface area contributed by atoms with Crippen LogP contribution < -0.4 is 5.32 Å². The molecule has 0 aliphatic carbocycles. The van der Waals surface area contributed by atoms with E-state index in [-0.39, 0.29) is 0 Å². The zero-order chi connectivity index (χ0) is 13.4. The Bertz CT molecular complexity index is 359. The van der Waals surface area contributed by atoms with Crippen molar-refractivity contribution in [2.75, 3.05) is 40.4 Å². The molecule has 1 rings (SSSR count). The van der Waals surface area contributed by atoms with Gasteiger partial charge < -0.3 is 15.0 Å². The van der Waals surface area contributed by atoms with E-state index in [1.54, 1.807) is 6.07 Å². The number of benzene rings is 1. The molecule has 1 aromatic rings. The number of rotatable bonds is 8. The highest BCUT2D eigenvalue weighted by molar-refractivity contribution is 5.18. The first-order valence-electron chi connectivity index (χ1n) is 5.97. The Hall–Kier alpha value is -1.04. The van der Waals surface area contributed by atoms with Gasteiger partial charge in [-0.3, -0.25) is 0 Å². The van der Waals surface area contributed by atoms with Crippen molar-refractivity contribution < 1.29 is 13.5 Å².